The Kier molecular flexibility index (Phi) is 6.16. The lowest BCUT2D eigenvalue weighted by Gasteiger charge is -2.29. The molecule has 16 heavy (non-hydrogen) atoms. The van der Waals surface area contributed by atoms with Crippen LogP contribution in [0.1, 0.15) is 19.8 Å². The van der Waals surface area contributed by atoms with E-state index in [0.717, 1.165) is 31.7 Å². The smallest absolute Gasteiger partial charge is 0.234 e. The SMILES string of the molecule is CSCC(C)NC(=O)CN1CCC(N)CC1. The van der Waals surface area contributed by atoms with Crippen molar-refractivity contribution in [2.24, 2.45) is 5.73 Å². The molecule has 5 heteroatoms. The first-order valence-electron chi connectivity index (χ1n) is 5.88. The van der Waals surface area contributed by atoms with Gasteiger partial charge in [-0.05, 0) is 26.0 Å². The molecular weight excluding hydrogens is 222 g/mol. The topological polar surface area (TPSA) is 58.4 Å². The van der Waals surface area contributed by atoms with Gasteiger partial charge in [-0.2, -0.15) is 11.8 Å². The van der Waals surface area contributed by atoms with E-state index in [-0.39, 0.29) is 11.9 Å². The zero-order chi connectivity index (χ0) is 12.0. The molecule has 0 aromatic rings. The second kappa shape index (κ2) is 7.14. The van der Waals surface area contributed by atoms with Gasteiger partial charge in [0.1, 0.15) is 0 Å². The molecule has 1 atom stereocenters. The van der Waals surface area contributed by atoms with Gasteiger partial charge in [0, 0.05) is 30.9 Å². The Balaban J connectivity index is 2.18. The highest BCUT2D eigenvalue weighted by Gasteiger charge is 2.18. The van der Waals surface area contributed by atoms with Crippen molar-refractivity contribution in [3.05, 3.63) is 0 Å². The van der Waals surface area contributed by atoms with E-state index in [2.05, 4.69) is 16.5 Å². The number of nitrogens with two attached hydrogens (primary N) is 1. The van der Waals surface area contributed by atoms with E-state index in [1.54, 1.807) is 11.8 Å². The molecule has 0 bridgehead atoms. The lowest BCUT2D eigenvalue weighted by atomic mass is 10.1. The maximum absolute atomic E-state index is 11.7. The summed E-state index contributed by atoms with van der Waals surface area (Å²) in [6.45, 7) is 4.46. The minimum atomic E-state index is 0.136. The van der Waals surface area contributed by atoms with Gasteiger partial charge in [0.2, 0.25) is 5.91 Å². The molecule has 94 valence electrons. The number of hydrogen-bond acceptors (Lipinski definition) is 4. The quantitative estimate of drug-likeness (QED) is 0.730. The molecular formula is C11H23N3OS. The van der Waals surface area contributed by atoms with Gasteiger partial charge < -0.3 is 11.1 Å². The number of rotatable bonds is 5. The predicted octanol–water partition coefficient (Wildman–Crippen LogP) is 0.277. The lowest BCUT2D eigenvalue weighted by molar-refractivity contribution is -0.122. The number of nitrogens with one attached hydrogen (secondary N) is 1. The molecule has 1 saturated heterocycles. The van der Waals surface area contributed by atoms with Crippen LogP contribution in [0.25, 0.3) is 0 Å². The molecule has 0 spiro atoms. The second-order valence-electron chi connectivity index (χ2n) is 4.54. The first-order valence-corrected chi connectivity index (χ1v) is 7.27. The number of piperidine rings is 1. The monoisotopic (exact) mass is 245 g/mol. The zero-order valence-electron chi connectivity index (χ0n) is 10.2. The van der Waals surface area contributed by atoms with Gasteiger partial charge in [-0.3, -0.25) is 9.69 Å². The first-order chi connectivity index (χ1) is 7.61. The van der Waals surface area contributed by atoms with Crippen LogP contribution >= 0.6 is 11.8 Å². The van der Waals surface area contributed by atoms with Crippen LogP contribution in [0, 0.1) is 0 Å². The third kappa shape index (κ3) is 5.18. The van der Waals surface area contributed by atoms with Crippen molar-refractivity contribution in [2.75, 3.05) is 31.6 Å². The summed E-state index contributed by atoms with van der Waals surface area (Å²) in [5, 5.41) is 3.01. The lowest BCUT2D eigenvalue weighted by Crippen LogP contribution is -2.46. The Morgan fingerprint density at radius 1 is 1.56 bits per heavy atom. The largest absolute Gasteiger partial charge is 0.352 e. The van der Waals surface area contributed by atoms with Gasteiger partial charge in [-0.15, -0.1) is 0 Å². The maximum atomic E-state index is 11.7. The molecule has 1 aliphatic rings. The molecule has 0 aromatic carbocycles. The van der Waals surface area contributed by atoms with Crippen LogP contribution in [-0.2, 0) is 4.79 Å². The summed E-state index contributed by atoms with van der Waals surface area (Å²) >= 11 is 1.75. The van der Waals surface area contributed by atoms with E-state index in [0.29, 0.717) is 12.6 Å². The fourth-order valence-corrected chi connectivity index (χ4v) is 2.51. The van der Waals surface area contributed by atoms with Crippen molar-refractivity contribution >= 4 is 17.7 Å². The molecule has 1 rings (SSSR count). The van der Waals surface area contributed by atoms with Crippen molar-refractivity contribution in [3.63, 3.8) is 0 Å². The van der Waals surface area contributed by atoms with Crippen molar-refractivity contribution in [1.82, 2.24) is 10.2 Å². The van der Waals surface area contributed by atoms with Crippen LogP contribution < -0.4 is 11.1 Å². The fraction of sp³-hybridized carbons (Fsp3) is 0.909. The molecule has 1 aliphatic heterocycles. The van der Waals surface area contributed by atoms with Crippen LogP contribution in [0.3, 0.4) is 0 Å². The maximum Gasteiger partial charge on any atom is 0.234 e. The standard InChI is InChI=1S/C11H23N3OS/c1-9(8-16-2)13-11(15)7-14-5-3-10(12)4-6-14/h9-10H,3-8,12H2,1-2H3,(H,13,15). The Hall–Kier alpha value is -0.260. The summed E-state index contributed by atoms with van der Waals surface area (Å²) < 4.78 is 0. The van der Waals surface area contributed by atoms with E-state index < -0.39 is 0 Å². The molecule has 0 aromatic heterocycles. The molecule has 1 amide bonds. The molecule has 0 radical (unpaired) electrons. The van der Waals surface area contributed by atoms with Crippen molar-refractivity contribution in [2.45, 2.75) is 31.8 Å². The minimum Gasteiger partial charge on any atom is -0.352 e. The van der Waals surface area contributed by atoms with E-state index in [9.17, 15) is 4.79 Å². The highest BCUT2D eigenvalue weighted by molar-refractivity contribution is 7.98. The Labute approximate surface area is 102 Å². The van der Waals surface area contributed by atoms with Crippen molar-refractivity contribution in [3.8, 4) is 0 Å². The van der Waals surface area contributed by atoms with Crippen LogP contribution in [0.4, 0.5) is 0 Å². The minimum absolute atomic E-state index is 0.136. The molecule has 1 heterocycles. The average Bonchev–Trinajstić information content (AvgIpc) is 2.21. The third-order valence-corrected chi connectivity index (χ3v) is 3.66. The molecule has 3 N–H and O–H groups in total. The number of carbonyl (C=O) groups excluding carboxylic acids is 1. The zero-order valence-corrected chi connectivity index (χ0v) is 11.1. The third-order valence-electron chi connectivity index (χ3n) is 2.82. The summed E-state index contributed by atoms with van der Waals surface area (Å²) in [6.07, 6.45) is 4.07. The molecule has 0 aliphatic carbocycles. The van der Waals surface area contributed by atoms with E-state index >= 15 is 0 Å². The summed E-state index contributed by atoms with van der Waals surface area (Å²) in [4.78, 5) is 13.9. The second-order valence-corrected chi connectivity index (χ2v) is 5.45. The summed E-state index contributed by atoms with van der Waals surface area (Å²) in [7, 11) is 0. The number of hydrogen-bond donors (Lipinski definition) is 2. The van der Waals surface area contributed by atoms with Gasteiger partial charge in [-0.1, -0.05) is 0 Å². The number of carbonyl (C=O) groups is 1. The van der Waals surface area contributed by atoms with Gasteiger partial charge in [0.25, 0.3) is 0 Å². The molecule has 1 unspecified atom stereocenters. The van der Waals surface area contributed by atoms with Crippen molar-refractivity contribution in [1.29, 1.82) is 0 Å². The Bertz CT molecular complexity index is 217. The molecule has 1 fully saturated rings. The van der Waals surface area contributed by atoms with Gasteiger partial charge in [-0.25, -0.2) is 0 Å². The summed E-state index contributed by atoms with van der Waals surface area (Å²) in [5.74, 6) is 1.10. The summed E-state index contributed by atoms with van der Waals surface area (Å²) in [6, 6.07) is 0.587. The van der Waals surface area contributed by atoms with Crippen LogP contribution in [0.15, 0.2) is 0 Å². The average molecular weight is 245 g/mol. The van der Waals surface area contributed by atoms with E-state index in [4.69, 9.17) is 5.73 Å². The highest BCUT2D eigenvalue weighted by atomic mass is 32.2. The van der Waals surface area contributed by atoms with Crippen LogP contribution in [0.5, 0.6) is 0 Å². The van der Waals surface area contributed by atoms with Gasteiger partial charge in [0.05, 0.1) is 6.54 Å². The van der Waals surface area contributed by atoms with Gasteiger partial charge >= 0.3 is 0 Å². The highest BCUT2D eigenvalue weighted by Crippen LogP contribution is 2.07. The van der Waals surface area contributed by atoms with Crippen molar-refractivity contribution < 1.29 is 4.79 Å². The number of thioether (sulfide) groups is 1. The summed E-state index contributed by atoms with van der Waals surface area (Å²) in [5.41, 5.74) is 5.82. The predicted molar refractivity (Wildman–Crippen MR) is 69.6 cm³/mol. The number of amides is 1. The number of likely N-dealkylation sites (tertiary alicyclic amines) is 1. The normalized spacial score (nSPS) is 20.7. The van der Waals surface area contributed by atoms with E-state index in [1.807, 2.05) is 6.92 Å². The van der Waals surface area contributed by atoms with Crippen LogP contribution in [0.2, 0.25) is 0 Å². The Morgan fingerprint density at radius 3 is 2.75 bits per heavy atom. The Morgan fingerprint density at radius 2 is 2.19 bits per heavy atom. The fourth-order valence-electron chi connectivity index (χ4n) is 1.93. The molecule has 0 saturated carbocycles. The van der Waals surface area contributed by atoms with Crippen LogP contribution in [-0.4, -0.2) is 54.5 Å². The first kappa shape index (κ1) is 13.8. The number of nitrogens with zero attached hydrogens (tertiary/aromatic N) is 1. The van der Waals surface area contributed by atoms with E-state index in [1.165, 1.54) is 0 Å². The molecule has 4 nitrogen and oxygen atoms in total. The van der Waals surface area contributed by atoms with Gasteiger partial charge in [0.15, 0.2) is 0 Å².